The second kappa shape index (κ2) is 6.33. The summed E-state index contributed by atoms with van der Waals surface area (Å²) in [7, 11) is 0. The highest BCUT2D eigenvalue weighted by molar-refractivity contribution is 6.32. The van der Waals surface area contributed by atoms with Gasteiger partial charge < -0.3 is 10.1 Å². The van der Waals surface area contributed by atoms with Crippen LogP contribution >= 0.6 is 11.6 Å². The van der Waals surface area contributed by atoms with Crippen molar-refractivity contribution in [2.24, 2.45) is 0 Å². The molecule has 2 rings (SSSR count). The predicted octanol–water partition coefficient (Wildman–Crippen LogP) is 3.03. The van der Waals surface area contributed by atoms with Crippen LogP contribution in [0.3, 0.4) is 0 Å². The zero-order chi connectivity index (χ0) is 12.8. The molecule has 0 fully saturated rings. The van der Waals surface area contributed by atoms with E-state index >= 15 is 0 Å². The number of benzene rings is 1. The molecule has 0 amide bonds. The van der Waals surface area contributed by atoms with Crippen molar-refractivity contribution in [2.45, 2.75) is 13.5 Å². The Morgan fingerprint density at radius 2 is 2.11 bits per heavy atom. The monoisotopic (exact) mass is 263 g/mol. The van der Waals surface area contributed by atoms with Gasteiger partial charge in [0.1, 0.15) is 5.75 Å². The van der Waals surface area contributed by atoms with Gasteiger partial charge in [-0.1, -0.05) is 30.7 Å². The maximum Gasteiger partial charge on any atom is 0.238 e. The molecule has 0 aliphatic carbocycles. The van der Waals surface area contributed by atoms with E-state index in [1.54, 1.807) is 24.5 Å². The van der Waals surface area contributed by atoms with Gasteiger partial charge in [0.2, 0.25) is 5.88 Å². The fourth-order valence-corrected chi connectivity index (χ4v) is 1.59. The zero-order valence-electron chi connectivity index (χ0n) is 10.1. The molecule has 1 aromatic heterocycles. The van der Waals surface area contributed by atoms with Crippen LogP contribution in [0.2, 0.25) is 5.02 Å². The lowest BCUT2D eigenvalue weighted by molar-refractivity contribution is 0.456. The van der Waals surface area contributed by atoms with Gasteiger partial charge in [0.15, 0.2) is 0 Å². The van der Waals surface area contributed by atoms with E-state index in [0.29, 0.717) is 23.2 Å². The van der Waals surface area contributed by atoms with Crippen molar-refractivity contribution in [2.75, 3.05) is 6.54 Å². The normalized spacial score (nSPS) is 10.3. The largest absolute Gasteiger partial charge is 0.436 e. The van der Waals surface area contributed by atoms with Gasteiger partial charge in [-0.2, -0.15) is 0 Å². The Kier molecular flexibility index (Phi) is 4.50. The number of rotatable bonds is 5. The smallest absolute Gasteiger partial charge is 0.238 e. The molecular formula is C13H14ClN3O. The second-order valence-corrected chi connectivity index (χ2v) is 4.07. The van der Waals surface area contributed by atoms with Gasteiger partial charge in [-0.25, -0.2) is 4.98 Å². The first-order chi connectivity index (χ1) is 8.79. The molecule has 0 unspecified atom stereocenters. The van der Waals surface area contributed by atoms with E-state index in [2.05, 4.69) is 15.3 Å². The van der Waals surface area contributed by atoms with Gasteiger partial charge in [0.25, 0.3) is 0 Å². The van der Waals surface area contributed by atoms with Crippen molar-refractivity contribution >= 4 is 11.6 Å². The van der Waals surface area contributed by atoms with Crippen molar-refractivity contribution in [1.29, 1.82) is 0 Å². The Bertz CT molecular complexity index is 519. The van der Waals surface area contributed by atoms with Gasteiger partial charge in [0.05, 0.1) is 16.9 Å². The van der Waals surface area contributed by atoms with Crippen LogP contribution in [0.15, 0.2) is 36.7 Å². The van der Waals surface area contributed by atoms with Crippen molar-refractivity contribution in [3.63, 3.8) is 0 Å². The van der Waals surface area contributed by atoms with Crippen LogP contribution in [0.1, 0.15) is 12.6 Å². The third-order valence-corrected chi connectivity index (χ3v) is 2.58. The summed E-state index contributed by atoms with van der Waals surface area (Å²) in [6.07, 6.45) is 3.28. The molecule has 0 aliphatic rings. The molecule has 0 aliphatic heterocycles. The van der Waals surface area contributed by atoms with Crippen molar-refractivity contribution in [1.82, 2.24) is 15.3 Å². The lowest BCUT2D eigenvalue weighted by Gasteiger charge is -2.07. The summed E-state index contributed by atoms with van der Waals surface area (Å²) < 4.78 is 5.60. The molecule has 2 aromatic rings. The molecule has 0 saturated carbocycles. The van der Waals surface area contributed by atoms with E-state index in [-0.39, 0.29) is 0 Å². The topological polar surface area (TPSA) is 47.0 Å². The lowest BCUT2D eigenvalue weighted by Crippen LogP contribution is -2.13. The van der Waals surface area contributed by atoms with Crippen LogP contribution in [0.25, 0.3) is 0 Å². The molecule has 0 spiro atoms. The molecule has 1 N–H and O–H groups in total. The minimum Gasteiger partial charge on any atom is -0.436 e. The number of para-hydroxylation sites is 1. The van der Waals surface area contributed by atoms with E-state index in [9.17, 15) is 0 Å². The first kappa shape index (κ1) is 12.8. The Hall–Kier alpha value is -1.65. The summed E-state index contributed by atoms with van der Waals surface area (Å²) >= 11 is 6.01. The fourth-order valence-electron chi connectivity index (χ4n) is 1.41. The molecule has 4 nitrogen and oxygen atoms in total. The standard InChI is InChI=1S/C13H14ClN3O/c1-2-15-7-10-8-16-9-13(17-10)18-12-6-4-3-5-11(12)14/h3-6,8-9,15H,2,7H2,1H3. The van der Waals surface area contributed by atoms with Crippen molar-refractivity contribution in [3.05, 3.63) is 47.4 Å². The van der Waals surface area contributed by atoms with Crippen LogP contribution in [0.4, 0.5) is 0 Å². The molecule has 5 heteroatoms. The summed E-state index contributed by atoms with van der Waals surface area (Å²) in [6, 6.07) is 7.27. The summed E-state index contributed by atoms with van der Waals surface area (Å²) in [5, 5.41) is 3.74. The fraction of sp³-hybridized carbons (Fsp3) is 0.231. The van der Waals surface area contributed by atoms with Gasteiger partial charge in [-0.3, -0.25) is 4.98 Å². The Morgan fingerprint density at radius 1 is 1.28 bits per heavy atom. The Morgan fingerprint density at radius 3 is 2.89 bits per heavy atom. The molecule has 1 heterocycles. The quantitative estimate of drug-likeness (QED) is 0.901. The molecule has 0 bridgehead atoms. The van der Waals surface area contributed by atoms with E-state index in [1.165, 1.54) is 0 Å². The molecule has 1 aromatic carbocycles. The summed E-state index contributed by atoms with van der Waals surface area (Å²) in [4.78, 5) is 8.43. The SMILES string of the molecule is CCNCc1cncc(Oc2ccccc2Cl)n1. The number of hydrogen-bond acceptors (Lipinski definition) is 4. The first-order valence-corrected chi connectivity index (χ1v) is 6.11. The van der Waals surface area contributed by atoms with Gasteiger partial charge in [-0.05, 0) is 18.7 Å². The zero-order valence-corrected chi connectivity index (χ0v) is 10.8. The number of hydrogen-bond donors (Lipinski definition) is 1. The molecular weight excluding hydrogens is 250 g/mol. The molecule has 18 heavy (non-hydrogen) atoms. The average Bonchev–Trinajstić information content (AvgIpc) is 2.40. The maximum absolute atomic E-state index is 6.01. The van der Waals surface area contributed by atoms with Crippen LogP contribution < -0.4 is 10.1 Å². The molecule has 0 atom stereocenters. The van der Waals surface area contributed by atoms with E-state index < -0.39 is 0 Å². The highest BCUT2D eigenvalue weighted by Crippen LogP contribution is 2.27. The average molecular weight is 264 g/mol. The van der Waals surface area contributed by atoms with Gasteiger partial charge in [0, 0.05) is 12.7 Å². The Balaban J connectivity index is 2.12. The van der Waals surface area contributed by atoms with Crippen molar-refractivity contribution in [3.8, 4) is 11.6 Å². The number of nitrogens with one attached hydrogen (secondary N) is 1. The summed E-state index contributed by atoms with van der Waals surface area (Å²) in [6.45, 7) is 3.60. The molecule has 0 saturated heterocycles. The predicted molar refractivity (Wildman–Crippen MR) is 70.9 cm³/mol. The third kappa shape index (κ3) is 3.42. The number of halogens is 1. The van der Waals surface area contributed by atoms with Gasteiger partial charge in [-0.15, -0.1) is 0 Å². The van der Waals surface area contributed by atoms with E-state index in [0.717, 1.165) is 12.2 Å². The highest BCUT2D eigenvalue weighted by Gasteiger charge is 2.04. The lowest BCUT2D eigenvalue weighted by atomic mass is 10.3. The van der Waals surface area contributed by atoms with Gasteiger partial charge >= 0.3 is 0 Å². The van der Waals surface area contributed by atoms with Crippen LogP contribution in [-0.2, 0) is 6.54 Å². The van der Waals surface area contributed by atoms with Crippen molar-refractivity contribution < 1.29 is 4.74 Å². The first-order valence-electron chi connectivity index (χ1n) is 5.73. The minimum atomic E-state index is 0.443. The third-order valence-electron chi connectivity index (χ3n) is 2.27. The number of ether oxygens (including phenoxy) is 1. The number of nitrogens with zero attached hydrogens (tertiary/aromatic N) is 2. The highest BCUT2D eigenvalue weighted by atomic mass is 35.5. The molecule has 0 radical (unpaired) electrons. The van der Waals surface area contributed by atoms with Crippen LogP contribution in [0, 0.1) is 0 Å². The minimum absolute atomic E-state index is 0.443. The summed E-state index contributed by atoms with van der Waals surface area (Å²) in [5.74, 6) is 1.02. The number of aromatic nitrogens is 2. The second-order valence-electron chi connectivity index (χ2n) is 3.66. The van der Waals surface area contributed by atoms with E-state index in [1.807, 2.05) is 19.1 Å². The maximum atomic E-state index is 6.01. The summed E-state index contributed by atoms with van der Waals surface area (Å²) in [5.41, 5.74) is 0.835. The molecule has 94 valence electrons. The van der Waals surface area contributed by atoms with Crippen LogP contribution in [-0.4, -0.2) is 16.5 Å². The van der Waals surface area contributed by atoms with E-state index in [4.69, 9.17) is 16.3 Å². The Labute approximate surface area is 111 Å². The van der Waals surface area contributed by atoms with Crippen LogP contribution in [0.5, 0.6) is 11.6 Å².